The lowest BCUT2D eigenvalue weighted by molar-refractivity contribution is 0.624. The molecular formula is C102H66F4N2S. The minimum absolute atomic E-state index is 0.278. The molecule has 2 aliphatic rings. The first kappa shape index (κ1) is 66.2. The fourth-order valence-corrected chi connectivity index (χ4v) is 18.2. The summed E-state index contributed by atoms with van der Waals surface area (Å²) in [6.45, 7) is 8.21. The summed E-state index contributed by atoms with van der Waals surface area (Å²) in [7, 11) is 0. The Bertz CT molecular complexity index is 6020. The SMILES string of the molecule is C=Cc1ccc(C2(c3ccc(F)cc3)c3ccccc3-c3ccc(N(c4ccc(-c5cccc(-c6ccc(F)cc6)c5)cc4)c4ccc5sc6ccc(N(c7ccc(-c8cccc(-c9ccc(F)cc9)c8)cc7)c7ccc8c(c7)C(c7ccc(F)cc7)(c7ccc(C=C)cc7)c7ccccc7-8)cc6c5c4)cc32)cc1. The lowest BCUT2D eigenvalue weighted by Gasteiger charge is -2.35. The predicted octanol–water partition coefficient (Wildman–Crippen LogP) is 28.2. The van der Waals surface area contributed by atoms with Gasteiger partial charge in [-0.2, -0.15) is 0 Å². The van der Waals surface area contributed by atoms with Crippen LogP contribution in [0, 0.1) is 23.3 Å². The van der Waals surface area contributed by atoms with Crippen molar-refractivity contribution in [1.29, 1.82) is 0 Å². The molecule has 0 radical (unpaired) electrons. The van der Waals surface area contributed by atoms with Crippen molar-refractivity contribution in [2.45, 2.75) is 10.8 Å². The summed E-state index contributed by atoms with van der Waals surface area (Å²) >= 11 is 1.76. The first-order chi connectivity index (χ1) is 53.5. The fourth-order valence-electron chi connectivity index (χ4n) is 17.1. The van der Waals surface area contributed by atoms with E-state index in [0.717, 1.165) is 177 Å². The Morgan fingerprint density at radius 3 is 0.872 bits per heavy atom. The van der Waals surface area contributed by atoms with E-state index in [1.54, 1.807) is 35.6 Å². The van der Waals surface area contributed by atoms with Crippen LogP contribution in [0.4, 0.5) is 51.7 Å². The molecule has 19 rings (SSSR count). The maximum atomic E-state index is 15.3. The van der Waals surface area contributed by atoms with Gasteiger partial charge < -0.3 is 9.80 Å². The first-order valence-corrected chi connectivity index (χ1v) is 37.3. The Morgan fingerprint density at radius 1 is 0.239 bits per heavy atom. The molecule has 16 aromatic carbocycles. The minimum Gasteiger partial charge on any atom is -0.310 e. The largest absolute Gasteiger partial charge is 0.310 e. The van der Waals surface area contributed by atoms with Crippen LogP contribution in [0.1, 0.15) is 55.6 Å². The number of anilines is 6. The maximum absolute atomic E-state index is 15.3. The van der Waals surface area contributed by atoms with Gasteiger partial charge in [0.1, 0.15) is 23.3 Å². The van der Waals surface area contributed by atoms with Gasteiger partial charge in [0.2, 0.25) is 0 Å². The highest BCUT2D eigenvalue weighted by atomic mass is 32.1. The van der Waals surface area contributed by atoms with Gasteiger partial charge >= 0.3 is 0 Å². The monoisotopic (exact) mass is 1430 g/mol. The van der Waals surface area contributed by atoms with Crippen molar-refractivity contribution in [3.05, 3.63) is 456 Å². The van der Waals surface area contributed by atoms with Crippen LogP contribution >= 0.6 is 11.3 Å². The first-order valence-electron chi connectivity index (χ1n) is 36.5. The predicted molar refractivity (Wildman–Crippen MR) is 445 cm³/mol. The van der Waals surface area contributed by atoms with Gasteiger partial charge in [0.25, 0.3) is 0 Å². The summed E-state index contributed by atoms with van der Waals surface area (Å²) in [4.78, 5) is 4.71. The van der Waals surface area contributed by atoms with Gasteiger partial charge in [-0.25, -0.2) is 17.6 Å². The van der Waals surface area contributed by atoms with Gasteiger partial charge in [-0.3, -0.25) is 0 Å². The number of hydrogen-bond acceptors (Lipinski definition) is 3. The summed E-state index contributed by atoms with van der Waals surface area (Å²) < 4.78 is 61.3. The molecule has 2 nitrogen and oxygen atoms in total. The molecule has 0 fully saturated rings. The number of benzene rings is 16. The molecule has 0 spiro atoms. The average molecular weight is 1430 g/mol. The van der Waals surface area contributed by atoms with Crippen molar-refractivity contribution < 1.29 is 17.6 Å². The normalized spacial score (nSPS) is 14.6. The average Bonchev–Trinajstić information content (AvgIpc) is 1.56. The van der Waals surface area contributed by atoms with E-state index < -0.39 is 10.8 Å². The number of halogens is 4. The highest BCUT2D eigenvalue weighted by Crippen LogP contribution is 2.60. The number of rotatable bonds is 16. The van der Waals surface area contributed by atoms with Crippen molar-refractivity contribution in [3.8, 4) is 66.8 Å². The zero-order valence-electron chi connectivity index (χ0n) is 59.0. The van der Waals surface area contributed by atoms with Crippen LogP contribution < -0.4 is 9.80 Å². The van der Waals surface area contributed by atoms with E-state index in [9.17, 15) is 8.78 Å². The topological polar surface area (TPSA) is 6.48 Å². The molecule has 518 valence electrons. The van der Waals surface area contributed by atoms with Crippen molar-refractivity contribution >= 4 is 77.8 Å². The van der Waals surface area contributed by atoms with Gasteiger partial charge in [-0.15, -0.1) is 11.3 Å². The third-order valence-corrected chi connectivity index (χ3v) is 23.4. The molecule has 7 heteroatoms. The van der Waals surface area contributed by atoms with E-state index in [1.165, 1.54) is 24.3 Å². The van der Waals surface area contributed by atoms with Gasteiger partial charge in [0.05, 0.1) is 10.8 Å². The van der Waals surface area contributed by atoms with Crippen LogP contribution in [0.15, 0.2) is 377 Å². The number of nitrogens with zero attached hydrogens (tertiary/aromatic N) is 2. The molecule has 1 heterocycles. The maximum Gasteiger partial charge on any atom is 0.123 e. The molecule has 109 heavy (non-hydrogen) atoms. The zero-order chi connectivity index (χ0) is 73.5. The third-order valence-electron chi connectivity index (χ3n) is 22.2. The van der Waals surface area contributed by atoms with Gasteiger partial charge in [0.15, 0.2) is 0 Å². The molecule has 2 aliphatic carbocycles. The summed E-state index contributed by atoms with van der Waals surface area (Å²) in [6, 6.07) is 123. The number of thiophene rings is 1. The van der Waals surface area contributed by atoms with Crippen LogP contribution in [-0.2, 0) is 10.8 Å². The Hall–Kier alpha value is -13.5. The summed E-state index contributed by atoms with van der Waals surface area (Å²) in [5.74, 6) is -1.17. The van der Waals surface area contributed by atoms with E-state index in [2.05, 4.69) is 278 Å². The molecule has 1 aromatic heterocycles. The third kappa shape index (κ3) is 11.2. The van der Waals surface area contributed by atoms with Crippen molar-refractivity contribution in [1.82, 2.24) is 0 Å². The Balaban J connectivity index is 0.798. The molecule has 0 aliphatic heterocycles. The minimum atomic E-state index is -0.852. The van der Waals surface area contributed by atoms with Crippen LogP contribution in [0.2, 0.25) is 0 Å². The quantitative estimate of drug-likeness (QED) is 0.0890. The summed E-state index contributed by atoms with van der Waals surface area (Å²) in [5, 5.41) is 2.16. The fraction of sp³-hybridized carbons (Fsp3) is 0.0196. The van der Waals surface area contributed by atoms with Gasteiger partial charge in [-0.05, 0) is 268 Å². The van der Waals surface area contributed by atoms with E-state index in [0.29, 0.717) is 0 Å². The van der Waals surface area contributed by atoms with Crippen molar-refractivity contribution in [2.24, 2.45) is 0 Å². The molecule has 2 unspecified atom stereocenters. The summed E-state index contributed by atoms with van der Waals surface area (Å²) in [6.07, 6.45) is 3.72. The smallest absolute Gasteiger partial charge is 0.123 e. The van der Waals surface area contributed by atoms with Crippen LogP contribution in [0.25, 0.3) is 99.1 Å². The van der Waals surface area contributed by atoms with E-state index in [1.807, 2.05) is 72.8 Å². The summed E-state index contributed by atoms with van der Waals surface area (Å²) in [5.41, 5.74) is 26.5. The van der Waals surface area contributed by atoms with Crippen LogP contribution in [0.5, 0.6) is 0 Å². The Morgan fingerprint density at radius 2 is 0.523 bits per heavy atom. The number of hydrogen-bond donors (Lipinski definition) is 0. The van der Waals surface area contributed by atoms with Crippen LogP contribution in [-0.4, -0.2) is 0 Å². The molecule has 0 saturated carbocycles. The highest BCUT2D eigenvalue weighted by molar-refractivity contribution is 7.25. The lowest BCUT2D eigenvalue weighted by Crippen LogP contribution is -2.29. The van der Waals surface area contributed by atoms with Crippen molar-refractivity contribution in [2.75, 3.05) is 9.80 Å². The van der Waals surface area contributed by atoms with E-state index >= 15 is 8.78 Å². The van der Waals surface area contributed by atoms with Crippen LogP contribution in [0.3, 0.4) is 0 Å². The zero-order valence-corrected chi connectivity index (χ0v) is 59.8. The second-order valence-corrected chi connectivity index (χ2v) is 29.2. The molecule has 0 amide bonds. The van der Waals surface area contributed by atoms with Crippen molar-refractivity contribution in [3.63, 3.8) is 0 Å². The lowest BCUT2D eigenvalue weighted by atomic mass is 9.67. The van der Waals surface area contributed by atoms with E-state index in [4.69, 9.17) is 0 Å². The molecule has 2 atom stereocenters. The highest BCUT2D eigenvalue weighted by Gasteiger charge is 2.48. The molecule has 0 saturated heterocycles. The molecule has 17 aromatic rings. The second kappa shape index (κ2) is 26.8. The Kier molecular flexibility index (Phi) is 16.3. The van der Waals surface area contributed by atoms with E-state index in [-0.39, 0.29) is 23.3 Å². The Labute approximate surface area is 634 Å². The molecule has 0 N–H and O–H groups in total. The van der Waals surface area contributed by atoms with Gasteiger partial charge in [-0.1, -0.05) is 244 Å². The second-order valence-electron chi connectivity index (χ2n) is 28.1. The molecule has 0 bridgehead atoms. The standard InChI is InChI=1S/C102H66F4N2S/c1-3-65-19-31-75(32-20-65)101(77-35-43-81(105)44-36-77)95-17-7-5-15-89(95)91-55-51-87(63-97(91)101)107(83-47-27-69(28-48-83)73-13-9-11-71(59-73)67-23-39-79(103)40-24-67)85-53-57-99-93(61-85)94-62-86(54-58-100(94)109-99)108(84-49-29-70(30-50-84)74-14-10-12-72(60-74)68-25-41-80(104)42-26-68)88-52-56-92-90-16-6-8-18-96(90)102(98(92)64-88,78-37-45-82(106)46-38-78)76-33-21-66(4-2)22-34-76/h3-64H,1-2H2. The number of fused-ring (bicyclic) bond motifs is 9. The molecular weight excluding hydrogens is 1360 g/mol. The van der Waals surface area contributed by atoms with Gasteiger partial charge in [0, 0.05) is 54.3 Å².